The van der Waals surface area contributed by atoms with Gasteiger partial charge in [0.15, 0.2) is 0 Å². The maximum absolute atomic E-state index is 11.4. The molecule has 0 rings (SSSR count). The van der Waals surface area contributed by atoms with Gasteiger partial charge in [-0.1, -0.05) is 0 Å². The maximum Gasteiger partial charge on any atom is 0.389 e. The van der Waals surface area contributed by atoms with Gasteiger partial charge >= 0.3 is 6.18 Å². The highest BCUT2D eigenvalue weighted by atomic mass is 35.7. The fourth-order valence-electron chi connectivity index (χ4n) is 0.386. The maximum atomic E-state index is 11.4. The van der Waals surface area contributed by atoms with Crippen LogP contribution in [0.1, 0.15) is 12.8 Å². The topological polar surface area (TPSA) is 17.1 Å². The van der Waals surface area contributed by atoms with Gasteiger partial charge < -0.3 is 0 Å². The molecule has 0 radical (unpaired) electrons. The molecule has 0 saturated heterocycles. The van der Waals surface area contributed by atoms with Crippen LogP contribution in [0.25, 0.3) is 0 Å². The van der Waals surface area contributed by atoms with Gasteiger partial charge in [-0.25, -0.2) is 4.21 Å². The smallest absolute Gasteiger partial charge is 0.243 e. The standard InChI is InChI=1S/C4H6ClF3OS/c5-10(9)3-1-2-4(6,7)8/h1-3H2. The first-order valence-corrected chi connectivity index (χ1v) is 4.68. The largest absolute Gasteiger partial charge is 0.389 e. The van der Waals surface area contributed by atoms with E-state index < -0.39 is 22.6 Å². The van der Waals surface area contributed by atoms with Gasteiger partial charge in [0.1, 0.15) is 10.0 Å². The van der Waals surface area contributed by atoms with Crippen molar-refractivity contribution in [2.24, 2.45) is 0 Å². The summed E-state index contributed by atoms with van der Waals surface area (Å²) in [4.78, 5) is 0. The lowest BCUT2D eigenvalue weighted by molar-refractivity contribution is -0.134. The van der Waals surface area contributed by atoms with Crippen LogP contribution in [0.2, 0.25) is 0 Å². The van der Waals surface area contributed by atoms with E-state index in [0.29, 0.717) is 0 Å². The Kier molecular flexibility index (Phi) is 4.28. The molecule has 0 aliphatic carbocycles. The van der Waals surface area contributed by atoms with Crippen molar-refractivity contribution in [2.45, 2.75) is 19.0 Å². The Balaban J connectivity index is 3.29. The molecule has 0 aromatic rings. The molecule has 0 heterocycles. The fraction of sp³-hybridized carbons (Fsp3) is 1.00. The Bertz CT molecular complexity index is 124. The highest BCUT2D eigenvalue weighted by molar-refractivity contribution is 8.08. The van der Waals surface area contributed by atoms with Crippen molar-refractivity contribution in [1.29, 1.82) is 0 Å². The van der Waals surface area contributed by atoms with E-state index in [1.807, 2.05) is 0 Å². The van der Waals surface area contributed by atoms with Crippen LogP contribution in [-0.4, -0.2) is 16.1 Å². The van der Waals surface area contributed by atoms with Crippen molar-refractivity contribution < 1.29 is 17.4 Å². The van der Waals surface area contributed by atoms with E-state index >= 15 is 0 Å². The third kappa shape index (κ3) is 8.23. The van der Waals surface area contributed by atoms with Crippen molar-refractivity contribution in [3.63, 3.8) is 0 Å². The summed E-state index contributed by atoms with van der Waals surface area (Å²) >= 11 is 0. The SMILES string of the molecule is O=S(Cl)CCCC(F)(F)F. The molecule has 62 valence electrons. The van der Waals surface area contributed by atoms with E-state index in [-0.39, 0.29) is 12.2 Å². The fourth-order valence-corrected chi connectivity index (χ4v) is 1.08. The molecule has 0 fully saturated rings. The highest BCUT2D eigenvalue weighted by Gasteiger charge is 2.26. The third-order valence-electron chi connectivity index (χ3n) is 0.765. The van der Waals surface area contributed by atoms with Crippen molar-refractivity contribution in [2.75, 3.05) is 5.75 Å². The van der Waals surface area contributed by atoms with Crippen LogP contribution in [0.4, 0.5) is 13.2 Å². The Morgan fingerprint density at radius 1 is 1.40 bits per heavy atom. The highest BCUT2D eigenvalue weighted by Crippen LogP contribution is 2.21. The van der Waals surface area contributed by atoms with Gasteiger partial charge in [-0.05, 0) is 17.1 Å². The predicted octanol–water partition coefficient (Wildman–Crippen LogP) is 2.23. The van der Waals surface area contributed by atoms with E-state index in [4.69, 9.17) is 10.7 Å². The Morgan fingerprint density at radius 3 is 2.20 bits per heavy atom. The third-order valence-corrected chi connectivity index (χ3v) is 1.84. The van der Waals surface area contributed by atoms with E-state index in [2.05, 4.69) is 0 Å². The van der Waals surface area contributed by atoms with Crippen molar-refractivity contribution in [3.05, 3.63) is 0 Å². The average Bonchev–Trinajstić information content (AvgIpc) is 1.59. The molecule has 0 spiro atoms. The summed E-state index contributed by atoms with van der Waals surface area (Å²) in [6.45, 7) is 0. The second-order valence-electron chi connectivity index (χ2n) is 1.71. The summed E-state index contributed by atoms with van der Waals surface area (Å²) in [5.41, 5.74) is 0. The van der Waals surface area contributed by atoms with Crippen LogP contribution >= 0.6 is 10.7 Å². The lowest BCUT2D eigenvalue weighted by Gasteiger charge is -2.02. The van der Waals surface area contributed by atoms with Crippen LogP contribution in [0.3, 0.4) is 0 Å². The number of rotatable bonds is 3. The first-order valence-electron chi connectivity index (χ1n) is 2.53. The molecule has 1 unspecified atom stereocenters. The molecule has 0 N–H and O–H groups in total. The molecule has 0 bridgehead atoms. The van der Waals surface area contributed by atoms with Gasteiger partial charge in [-0.15, -0.1) is 0 Å². The quantitative estimate of drug-likeness (QED) is 0.630. The van der Waals surface area contributed by atoms with Crippen LogP contribution < -0.4 is 0 Å². The van der Waals surface area contributed by atoms with Crippen molar-refractivity contribution in [3.8, 4) is 0 Å². The van der Waals surface area contributed by atoms with Gasteiger partial charge in [-0.3, -0.25) is 0 Å². The molecule has 1 nitrogen and oxygen atoms in total. The predicted molar refractivity (Wildman–Crippen MR) is 34.2 cm³/mol. The number of alkyl halides is 3. The van der Waals surface area contributed by atoms with Gasteiger partial charge in [0.25, 0.3) is 0 Å². The summed E-state index contributed by atoms with van der Waals surface area (Å²) < 4.78 is 44.1. The van der Waals surface area contributed by atoms with Gasteiger partial charge in [0.2, 0.25) is 0 Å². The molecular weight excluding hydrogens is 189 g/mol. The minimum absolute atomic E-state index is 0.0962. The van der Waals surface area contributed by atoms with E-state index in [0.717, 1.165) is 0 Å². The zero-order chi connectivity index (χ0) is 8.20. The Morgan fingerprint density at radius 2 is 1.90 bits per heavy atom. The molecule has 1 atom stereocenters. The monoisotopic (exact) mass is 194 g/mol. The zero-order valence-corrected chi connectivity index (χ0v) is 6.52. The van der Waals surface area contributed by atoms with Gasteiger partial charge in [0, 0.05) is 12.2 Å². The number of hydrogen-bond acceptors (Lipinski definition) is 1. The summed E-state index contributed by atoms with van der Waals surface area (Å²) in [7, 11) is 3.28. The normalized spacial score (nSPS) is 15.2. The first kappa shape index (κ1) is 10.2. The van der Waals surface area contributed by atoms with Crippen molar-refractivity contribution >= 4 is 20.7 Å². The van der Waals surface area contributed by atoms with E-state index in [1.165, 1.54) is 0 Å². The summed E-state index contributed by atoms with van der Waals surface area (Å²) in [6.07, 6.45) is -5.23. The lowest BCUT2D eigenvalue weighted by Crippen LogP contribution is -2.08. The minimum Gasteiger partial charge on any atom is -0.243 e. The summed E-state index contributed by atoms with van der Waals surface area (Å²) in [5, 5.41) is 0. The van der Waals surface area contributed by atoms with Crippen LogP contribution in [0.5, 0.6) is 0 Å². The zero-order valence-electron chi connectivity index (χ0n) is 4.95. The van der Waals surface area contributed by atoms with E-state index in [1.54, 1.807) is 0 Å². The van der Waals surface area contributed by atoms with E-state index in [9.17, 15) is 17.4 Å². The van der Waals surface area contributed by atoms with Crippen molar-refractivity contribution in [1.82, 2.24) is 0 Å². The number of halogens is 4. The molecule has 0 aromatic carbocycles. The van der Waals surface area contributed by atoms with Crippen LogP contribution in [-0.2, 0) is 10.0 Å². The summed E-state index contributed by atoms with van der Waals surface area (Å²) in [5.74, 6) is -0.0962. The molecule has 6 heteroatoms. The van der Waals surface area contributed by atoms with Gasteiger partial charge in [-0.2, -0.15) is 13.2 Å². The summed E-state index contributed by atoms with van der Waals surface area (Å²) in [6, 6.07) is 0. The molecule has 0 aromatic heterocycles. The molecular formula is C4H6ClF3OS. The average molecular weight is 195 g/mol. The Labute approximate surface area is 63.5 Å². The second kappa shape index (κ2) is 4.18. The first-order chi connectivity index (χ1) is 4.42. The molecule has 10 heavy (non-hydrogen) atoms. The molecule has 0 saturated carbocycles. The Hall–Kier alpha value is 0.230. The second-order valence-corrected chi connectivity index (χ2v) is 3.73. The van der Waals surface area contributed by atoms with Gasteiger partial charge in [0.05, 0.1) is 0 Å². The lowest BCUT2D eigenvalue weighted by atomic mass is 10.3. The number of hydrogen-bond donors (Lipinski definition) is 0. The molecule has 0 aliphatic rings. The van der Waals surface area contributed by atoms with Crippen LogP contribution in [0.15, 0.2) is 0 Å². The minimum atomic E-state index is -4.16. The molecule has 0 amide bonds. The molecule has 0 aliphatic heterocycles. The van der Waals surface area contributed by atoms with Crippen LogP contribution in [0, 0.1) is 0 Å².